The highest BCUT2D eigenvalue weighted by atomic mass is 16.5. The number of esters is 1. The number of ether oxygens (including phenoxy) is 1. The van der Waals surface area contributed by atoms with Gasteiger partial charge in [0.15, 0.2) is 0 Å². The fraction of sp³-hybridized carbons (Fsp3) is 0.471. The van der Waals surface area contributed by atoms with Crippen LogP contribution in [0.1, 0.15) is 61.4 Å². The van der Waals surface area contributed by atoms with Gasteiger partial charge < -0.3 is 4.74 Å². The SMILES string of the molecule is C#Cc1ccc(C(=O)OCCCCCCCC)cc1. The highest BCUT2D eigenvalue weighted by molar-refractivity contribution is 5.89. The van der Waals surface area contributed by atoms with Gasteiger partial charge in [-0.1, -0.05) is 44.9 Å². The third-order valence-electron chi connectivity index (χ3n) is 3.02. The summed E-state index contributed by atoms with van der Waals surface area (Å²) in [7, 11) is 0. The molecule has 0 aliphatic carbocycles. The lowest BCUT2D eigenvalue weighted by molar-refractivity contribution is 0.0497. The molecule has 0 aliphatic heterocycles. The molecule has 0 N–H and O–H groups in total. The molecule has 102 valence electrons. The first-order chi connectivity index (χ1) is 9.27. The molecule has 0 spiro atoms. The summed E-state index contributed by atoms with van der Waals surface area (Å²) in [4.78, 5) is 11.7. The molecule has 0 saturated carbocycles. The van der Waals surface area contributed by atoms with Crippen LogP contribution in [0.2, 0.25) is 0 Å². The van der Waals surface area contributed by atoms with Crippen molar-refractivity contribution >= 4 is 5.97 Å². The molecular weight excluding hydrogens is 236 g/mol. The summed E-state index contributed by atoms with van der Waals surface area (Å²) in [6, 6.07) is 6.92. The lowest BCUT2D eigenvalue weighted by Crippen LogP contribution is -2.06. The average molecular weight is 258 g/mol. The Hall–Kier alpha value is -1.75. The standard InChI is InChI=1S/C17H22O2/c1-3-5-6-7-8-9-14-19-17(18)16-12-10-15(4-2)11-13-16/h2,10-13H,3,5-9,14H2,1H3. The molecule has 0 radical (unpaired) electrons. The van der Waals surface area contributed by atoms with Gasteiger partial charge in [0.25, 0.3) is 0 Å². The molecule has 1 aromatic carbocycles. The zero-order chi connectivity index (χ0) is 13.9. The Bertz CT molecular complexity index is 412. The predicted molar refractivity (Wildman–Crippen MR) is 78.0 cm³/mol. The quantitative estimate of drug-likeness (QED) is 0.397. The monoisotopic (exact) mass is 258 g/mol. The minimum Gasteiger partial charge on any atom is -0.462 e. The van der Waals surface area contributed by atoms with Crippen molar-refractivity contribution in [3.63, 3.8) is 0 Å². The number of terminal acetylenes is 1. The molecule has 0 fully saturated rings. The third kappa shape index (κ3) is 6.10. The number of unbranched alkanes of at least 4 members (excludes halogenated alkanes) is 5. The summed E-state index contributed by atoms with van der Waals surface area (Å²) in [5.41, 5.74) is 1.33. The van der Waals surface area contributed by atoms with E-state index in [2.05, 4.69) is 12.8 Å². The van der Waals surface area contributed by atoms with Crippen LogP contribution in [0, 0.1) is 12.3 Å². The predicted octanol–water partition coefficient (Wildman–Crippen LogP) is 4.19. The number of hydrogen-bond donors (Lipinski definition) is 0. The van der Waals surface area contributed by atoms with Crippen molar-refractivity contribution in [1.82, 2.24) is 0 Å². The average Bonchev–Trinajstić information content (AvgIpc) is 2.46. The zero-order valence-electron chi connectivity index (χ0n) is 11.7. The molecule has 0 saturated heterocycles. The Morgan fingerprint density at radius 3 is 2.37 bits per heavy atom. The van der Waals surface area contributed by atoms with Gasteiger partial charge in [0.1, 0.15) is 0 Å². The second-order valence-corrected chi connectivity index (χ2v) is 4.63. The van der Waals surface area contributed by atoms with Crippen LogP contribution in [-0.2, 0) is 4.74 Å². The fourth-order valence-electron chi connectivity index (χ4n) is 1.83. The Labute approximate surface area is 116 Å². The zero-order valence-corrected chi connectivity index (χ0v) is 11.7. The largest absolute Gasteiger partial charge is 0.462 e. The normalized spacial score (nSPS) is 9.89. The second-order valence-electron chi connectivity index (χ2n) is 4.63. The molecule has 1 rings (SSSR count). The van der Waals surface area contributed by atoms with Crippen molar-refractivity contribution in [2.75, 3.05) is 6.61 Å². The number of rotatable bonds is 8. The van der Waals surface area contributed by atoms with E-state index in [-0.39, 0.29) is 5.97 Å². The maximum absolute atomic E-state index is 11.7. The van der Waals surface area contributed by atoms with Crippen LogP contribution in [0.15, 0.2) is 24.3 Å². The Balaban J connectivity index is 2.18. The highest BCUT2D eigenvalue weighted by Gasteiger charge is 2.05. The van der Waals surface area contributed by atoms with Crippen LogP contribution in [0.3, 0.4) is 0 Å². The molecule has 2 nitrogen and oxygen atoms in total. The van der Waals surface area contributed by atoms with Crippen molar-refractivity contribution in [1.29, 1.82) is 0 Å². The summed E-state index contributed by atoms with van der Waals surface area (Å²) in [6.45, 7) is 2.70. The Morgan fingerprint density at radius 2 is 1.74 bits per heavy atom. The molecule has 0 unspecified atom stereocenters. The third-order valence-corrected chi connectivity index (χ3v) is 3.02. The molecule has 0 bridgehead atoms. The minimum atomic E-state index is -0.267. The Kier molecular flexibility index (Phi) is 7.43. The minimum absolute atomic E-state index is 0.267. The molecule has 0 amide bonds. The van der Waals surface area contributed by atoms with Crippen molar-refractivity contribution in [2.24, 2.45) is 0 Å². The van der Waals surface area contributed by atoms with E-state index < -0.39 is 0 Å². The molecule has 0 aliphatic rings. The van der Waals surface area contributed by atoms with Gasteiger partial charge in [-0.15, -0.1) is 6.42 Å². The fourth-order valence-corrected chi connectivity index (χ4v) is 1.83. The first kappa shape index (κ1) is 15.3. The number of hydrogen-bond acceptors (Lipinski definition) is 2. The van der Waals surface area contributed by atoms with Crippen LogP contribution in [0.25, 0.3) is 0 Å². The second kappa shape index (κ2) is 9.22. The molecule has 0 aromatic heterocycles. The molecule has 0 heterocycles. The van der Waals surface area contributed by atoms with Gasteiger partial charge in [0.05, 0.1) is 12.2 Å². The first-order valence-corrected chi connectivity index (χ1v) is 7.01. The van der Waals surface area contributed by atoms with Crippen molar-refractivity contribution in [3.8, 4) is 12.3 Å². The van der Waals surface area contributed by atoms with Gasteiger partial charge in [-0.25, -0.2) is 4.79 Å². The lowest BCUT2D eigenvalue weighted by atomic mass is 10.1. The number of carbonyl (C=O) groups is 1. The molecule has 0 atom stereocenters. The first-order valence-electron chi connectivity index (χ1n) is 7.01. The van der Waals surface area contributed by atoms with E-state index in [9.17, 15) is 4.79 Å². The highest BCUT2D eigenvalue weighted by Crippen LogP contribution is 2.07. The molecule has 1 aromatic rings. The van der Waals surface area contributed by atoms with E-state index in [0.717, 1.165) is 18.4 Å². The van der Waals surface area contributed by atoms with E-state index >= 15 is 0 Å². The van der Waals surface area contributed by atoms with Crippen LogP contribution in [0.5, 0.6) is 0 Å². The molecule has 2 heteroatoms. The number of benzene rings is 1. The summed E-state index contributed by atoms with van der Waals surface area (Å²) >= 11 is 0. The van der Waals surface area contributed by atoms with Gasteiger partial charge in [-0.05, 0) is 30.7 Å². The van der Waals surface area contributed by atoms with Gasteiger partial charge in [-0.3, -0.25) is 0 Å². The van der Waals surface area contributed by atoms with E-state index in [1.807, 2.05) is 0 Å². The Morgan fingerprint density at radius 1 is 1.11 bits per heavy atom. The van der Waals surface area contributed by atoms with Crippen molar-refractivity contribution < 1.29 is 9.53 Å². The van der Waals surface area contributed by atoms with Gasteiger partial charge in [0, 0.05) is 5.56 Å². The summed E-state index contributed by atoms with van der Waals surface area (Å²) < 4.78 is 5.22. The van der Waals surface area contributed by atoms with Crippen LogP contribution >= 0.6 is 0 Å². The smallest absolute Gasteiger partial charge is 0.338 e. The van der Waals surface area contributed by atoms with E-state index in [4.69, 9.17) is 11.2 Å². The molecular formula is C17H22O2. The summed E-state index contributed by atoms with van der Waals surface area (Å²) in [6.07, 6.45) is 12.4. The number of carbonyl (C=O) groups excluding carboxylic acids is 1. The lowest BCUT2D eigenvalue weighted by Gasteiger charge is -2.05. The van der Waals surface area contributed by atoms with Gasteiger partial charge in [0.2, 0.25) is 0 Å². The van der Waals surface area contributed by atoms with Crippen LogP contribution in [0.4, 0.5) is 0 Å². The van der Waals surface area contributed by atoms with Crippen LogP contribution in [-0.4, -0.2) is 12.6 Å². The molecule has 19 heavy (non-hydrogen) atoms. The summed E-state index contributed by atoms with van der Waals surface area (Å²) in [5.74, 6) is 2.25. The maximum Gasteiger partial charge on any atom is 0.338 e. The van der Waals surface area contributed by atoms with Crippen molar-refractivity contribution in [3.05, 3.63) is 35.4 Å². The van der Waals surface area contributed by atoms with Crippen LogP contribution < -0.4 is 0 Å². The topological polar surface area (TPSA) is 26.3 Å². The maximum atomic E-state index is 11.7. The van der Waals surface area contributed by atoms with Gasteiger partial charge >= 0.3 is 5.97 Å². The van der Waals surface area contributed by atoms with E-state index in [1.54, 1.807) is 24.3 Å². The van der Waals surface area contributed by atoms with Crippen molar-refractivity contribution in [2.45, 2.75) is 45.4 Å². The van der Waals surface area contributed by atoms with E-state index in [1.165, 1.54) is 25.7 Å². The summed E-state index contributed by atoms with van der Waals surface area (Å²) in [5, 5.41) is 0. The van der Waals surface area contributed by atoms with E-state index in [0.29, 0.717) is 12.2 Å². The van der Waals surface area contributed by atoms with Gasteiger partial charge in [-0.2, -0.15) is 0 Å².